The average molecular weight is 254 g/mol. The number of unbranched alkanes of at least 4 members (excludes halogenated alkanes) is 1. The van der Waals surface area contributed by atoms with Gasteiger partial charge in [0.2, 0.25) is 5.91 Å². The number of hydrogen-bond donors (Lipinski definition) is 1. The lowest BCUT2D eigenvalue weighted by atomic mass is 10.3. The number of nitrogens with one attached hydrogen (secondary N) is 1. The Morgan fingerprint density at radius 1 is 1.53 bits per heavy atom. The number of hydrogen-bond acceptors (Lipinski definition) is 3. The first kappa shape index (κ1) is 14.2. The number of nitrogens with zero attached hydrogens (tertiary/aromatic N) is 1. The molecule has 1 aromatic heterocycles. The maximum Gasteiger partial charge on any atom is 0.234 e. The topological polar surface area (TPSA) is 32.3 Å². The van der Waals surface area contributed by atoms with Crippen LogP contribution in [-0.4, -0.2) is 30.9 Å². The molecule has 17 heavy (non-hydrogen) atoms. The minimum atomic E-state index is 0.121. The zero-order valence-corrected chi connectivity index (χ0v) is 11.8. The third kappa shape index (κ3) is 5.33. The van der Waals surface area contributed by atoms with Gasteiger partial charge in [-0.1, -0.05) is 13.3 Å². The Balaban J connectivity index is 2.27. The van der Waals surface area contributed by atoms with E-state index in [1.807, 2.05) is 7.05 Å². The summed E-state index contributed by atoms with van der Waals surface area (Å²) < 4.78 is 0. The Bertz CT molecular complexity index is 349. The lowest BCUT2D eigenvalue weighted by molar-refractivity contribution is -0.122. The maximum atomic E-state index is 11.6. The average Bonchev–Trinajstić information content (AvgIpc) is 2.64. The summed E-state index contributed by atoms with van der Waals surface area (Å²) in [6.07, 6.45) is 2.17. The standard InChI is InChI=1S/C13H22N2OS/c1-4-5-7-14-13(16)10-15(3)9-12-11(2)6-8-17-12/h6,8H,4-5,7,9-10H2,1-3H3,(H,14,16). The van der Waals surface area contributed by atoms with Crippen molar-refractivity contribution in [2.75, 3.05) is 20.1 Å². The van der Waals surface area contributed by atoms with Gasteiger partial charge < -0.3 is 5.32 Å². The number of likely N-dealkylation sites (N-methyl/N-ethyl adjacent to an activating group) is 1. The molecule has 4 heteroatoms. The van der Waals surface area contributed by atoms with Crippen LogP contribution in [0.5, 0.6) is 0 Å². The van der Waals surface area contributed by atoms with Gasteiger partial charge >= 0.3 is 0 Å². The summed E-state index contributed by atoms with van der Waals surface area (Å²) in [5, 5.41) is 5.03. The SMILES string of the molecule is CCCCNC(=O)CN(C)Cc1sccc1C. The summed E-state index contributed by atoms with van der Waals surface area (Å²) in [5.41, 5.74) is 1.31. The van der Waals surface area contributed by atoms with E-state index in [2.05, 4.69) is 35.5 Å². The van der Waals surface area contributed by atoms with Crippen molar-refractivity contribution in [3.8, 4) is 0 Å². The quantitative estimate of drug-likeness (QED) is 0.758. The van der Waals surface area contributed by atoms with Gasteiger partial charge in [-0.2, -0.15) is 0 Å². The molecular formula is C13H22N2OS. The van der Waals surface area contributed by atoms with E-state index in [1.165, 1.54) is 10.4 Å². The highest BCUT2D eigenvalue weighted by molar-refractivity contribution is 7.10. The first-order valence-electron chi connectivity index (χ1n) is 6.11. The van der Waals surface area contributed by atoms with Crippen LogP contribution < -0.4 is 5.32 Å². The number of amides is 1. The van der Waals surface area contributed by atoms with Crippen LogP contribution >= 0.6 is 11.3 Å². The lowest BCUT2D eigenvalue weighted by Crippen LogP contribution is -2.35. The number of aryl methyl sites for hydroxylation is 1. The van der Waals surface area contributed by atoms with E-state index in [1.54, 1.807) is 11.3 Å². The molecule has 1 rings (SSSR count). The van der Waals surface area contributed by atoms with Gasteiger partial charge in [-0.15, -0.1) is 11.3 Å². The van der Waals surface area contributed by atoms with Crippen LogP contribution in [0.2, 0.25) is 0 Å². The molecule has 0 atom stereocenters. The van der Waals surface area contributed by atoms with Crippen LogP contribution in [-0.2, 0) is 11.3 Å². The van der Waals surface area contributed by atoms with Gasteiger partial charge in [0.15, 0.2) is 0 Å². The van der Waals surface area contributed by atoms with Crippen molar-refractivity contribution in [2.45, 2.75) is 33.2 Å². The molecule has 0 radical (unpaired) electrons. The fourth-order valence-corrected chi connectivity index (χ4v) is 2.56. The summed E-state index contributed by atoms with van der Waals surface area (Å²) in [5.74, 6) is 0.121. The second kappa shape index (κ2) is 7.45. The molecule has 0 aliphatic rings. The summed E-state index contributed by atoms with van der Waals surface area (Å²) >= 11 is 1.75. The van der Waals surface area contributed by atoms with Gasteiger partial charge in [-0.3, -0.25) is 9.69 Å². The Morgan fingerprint density at radius 3 is 2.88 bits per heavy atom. The third-order valence-corrected chi connectivity index (χ3v) is 3.66. The molecule has 1 heterocycles. The lowest BCUT2D eigenvalue weighted by Gasteiger charge is -2.15. The Morgan fingerprint density at radius 2 is 2.29 bits per heavy atom. The largest absolute Gasteiger partial charge is 0.355 e. The number of carbonyl (C=O) groups is 1. The molecule has 1 N–H and O–H groups in total. The second-order valence-electron chi connectivity index (χ2n) is 4.40. The minimum Gasteiger partial charge on any atom is -0.355 e. The summed E-state index contributed by atoms with van der Waals surface area (Å²) in [6.45, 7) is 6.35. The third-order valence-electron chi connectivity index (χ3n) is 2.65. The Kier molecular flexibility index (Phi) is 6.22. The van der Waals surface area contributed by atoms with Crippen LogP contribution in [0, 0.1) is 6.92 Å². The zero-order valence-electron chi connectivity index (χ0n) is 11.0. The van der Waals surface area contributed by atoms with Crippen molar-refractivity contribution in [1.29, 1.82) is 0 Å². The monoisotopic (exact) mass is 254 g/mol. The van der Waals surface area contributed by atoms with E-state index >= 15 is 0 Å². The minimum absolute atomic E-state index is 0.121. The molecular weight excluding hydrogens is 232 g/mol. The van der Waals surface area contributed by atoms with Crippen LogP contribution in [0.4, 0.5) is 0 Å². The summed E-state index contributed by atoms with van der Waals surface area (Å²) in [7, 11) is 1.98. The molecule has 0 aliphatic carbocycles. The molecule has 3 nitrogen and oxygen atoms in total. The van der Waals surface area contributed by atoms with Gasteiger partial charge in [0.25, 0.3) is 0 Å². The Hall–Kier alpha value is -0.870. The number of carbonyl (C=O) groups excluding carboxylic acids is 1. The highest BCUT2D eigenvalue weighted by Gasteiger charge is 2.08. The first-order chi connectivity index (χ1) is 8.13. The van der Waals surface area contributed by atoms with Crippen molar-refractivity contribution < 1.29 is 4.79 Å². The van der Waals surface area contributed by atoms with Crippen molar-refractivity contribution in [3.63, 3.8) is 0 Å². The van der Waals surface area contributed by atoms with Gasteiger partial charge in [0, 0.05) is 18.0 Å². The number of rotatable bonds is 7. The van der Waals surface area contributed by atoms with E-state index in [0.717, 1.165) is 25.9 Å². The van der Waals surface area contributed by atoms with Crippen molar-refractivity contribution in [2.24, 2.45) is 0 Å². The smallest absolute Gasteiger partial charge is 0.234 e. The zero-order chi connectivity index (χ0) is 12.7. The molecule has 0 saturated carbocycles. The molecule has 96 valence electrons. The van der Waals surface area contributed by atoms with Gasteiger partial charge in [-0.25, -0.2) is 0 Å². The molecule has 0 bridgehead atoms. The fourth-order valence-electron chi connectivity index (χ4n) is 1.57. The van der Waals surface area contributed by atoms with Crippen molar-refractivity contribution >= 4 is 17.2 Å². The fraction of sp³-hybridized carbons (Fsp3) is 0.615. The predicted octanol–water partition coefficient (Wildman–Crippen LogP) is 2.40. The molecule has 0 aromatic carbocycles. The van der Waals surface area contributed by atoms with Crippen LogP contribution in [0.1, 0.15) is 30.2 Å². The van der Waals surface area contributed by atoms with E-state index in [4.69, 9.17) is 0 Å². The first-order valence-corrected chi connectivity index (χ1v) is 6.99. The van der Waals surface area contributed by atoms with Gasteiger partial charge in [0.05, 0.1) is 6.54 Å². The molecule has 0 fully saturated rings. The van der Waals surface area contributed by atoms with E-state index < -0.39 is 0 Å². The highest BCUT2D eigenvalue weighted by atomic mass is 32.1. The van der Waals surface area contributed by atoms with E-state index in [-0.39, 0.29) is 5.91 Å². The molecule has 1 aromatic rings. The molecule has 1 amide bonds. The van der Waals surface area contributed by atoms with E-state index in [9.17, 15) is 4.79 Å². The number of thiophene rings is 1. The summed E-state index contributed by atoms with van der Waals surface area (Å²) in [4.78, 5) is 15.0. The molecule has 0 unspecified atom stereocenters. The van der Waals surface area contributed by atoms with E-state index in [0.29, 0.717) is 6.54 Å². The second-order valence-corrected chi connectivity index (χ2v) is 5.40. The van der Waals surface area contributed by atoms with Crippen LogP contribution in [0.15, 0.2) is 11.4 Å². The molecule has 0 saturated heterocycles. The summed E-state index contributed by atoms with van der Waals surface area (Å²) in [6, 6.07) is 2.12. The van der Waals surface area contributed by atoms with Crippen LogP contribution in [0.3, 0.4) is 0 Å². The van der Waals surface area contributed by atoms with Gasteiger partial charge in [0.1, 0.15) is 0 Å². The predicted molar refractivity (Wildman–Crippen MR) is 73.3 cm³/mol. The van der Waals surface area contributed by atoms with Gasteiger partial charge in [-0.05, 0) is 37.4 Å². The highest BCUT2D eigenvalue weighted by Crippen LogP contribution is 2.16. The normalized spacial score (nSPS) is 10.8. The molecule has 0 spiro atoms. The van der Waals surface area contributed by atoms with Crippen molar-refractivity contribution in [3.05, 3.63) is 21.9 Å². The maximum absolute atomic E-state index is 11.6. The molecule has 0 aliphatic heterocycles. The Labute approximate surface area is 108 Å². The van der Waals surface area contributed by atoms with Crippen LogP contribution in [0.25, 0.3) is 0 Å². The van der Waals surface area contributed by atoms with Crippen molar-refractivity contribution in [1.82, 2.24) is 10.2 Å².